The molecule has 20 nitrogen and oxygen atoms in total. The van der Waals surface area contributed by atoms with Gasteiger partial charge in [0.25, 0.3) is 0 Å². The van der Waals surface area contributed by atoms with E-state index in [1.165, 1.54) is 16.6 Å². The van der Waals surface area contributed by atoms with Crippen LogP contribution in [-0.2, 0) is 31.6 Å². The van der Waals surface area contributed by atoms with Crippen molar-refractivity contribution in [1.29, 1.82) is 0 Å². The second-order valence-electron chi connectivity index (χ2n) is 6.57. The maximum atomic E-state index is 12.0. The molecular formula is C11H16N7O13P3. The Hall–Kier alpha value is -1.98. The number of fused-ring (bicyclic) bond motifs is 1. The Morgan fingerprint density at radius 3 is 2.50 bits per heavy atom. The molecule has 1 aliphatic rings. The summed E-state index contributed by atoms with van der Waals surface area (Å²) in [5.74, 6) is 0.0586. The Morgan fingerprint density at radius 2 is 1.88 bits per heavy atom. The molecule has 0 radical (unpaired) electrons. The molecule has 0 saturated carbocycles. The van der Waals surface area contributed by atoms with E-state index in [0.29, 0.717) is 0 Å². The van der Waals surface area contributed by atoms with Crippen molar-refractivity contribution in [3.05, 3.63) is 34.6 Å². The fourth-order valence-electron chi connectivity index (χ4n) is 3.00. The van der Waals surface area contributed by atoms with E-state index in [1.807, 2.05) is 0 Å². The van der Waals surface area contributed by atoms with Crippen LogP contribution in [0.15, 0.2) is 23.6 Å². The van der Waals surface area contributed by atoms with Crippen molar-refractivity contribution < 1.29 is 61.4 Å². The highest BCUT2D eigenvalue weighted by Gasteiger charge is 2.56. The lowest BCUT2D eigenvalue weighted by molar-refractivity contribution is -0.106. The normalized spacial score (nSPS) is 28.8. The molecular weight excluding hydrogens is 531 g/mol. The molecule has 0 aliphatic carbocycles. The van der Waals surface area contributed by atoms with Crippen molar-refractivity contribution in [3.63, 3.8) is 0 Å². The van der Waals surface area contributed by atoms with E-state index in [2.05, 4.69) is 33.3 Å². The molecule has 0 amide bonds. The molecule has 2 aromatic rings. The Morgan fingerprint density at radius 1 is 1.21 bits per heavy atom. The molecule has 3 rings (SSSR count). The number of azide groups is 1. The zero-order valence-corrected chi connectivity index (χ0v) is 19.0. The summed E-state index contributed by atoms with van der Waals surface area (Å²) in [6.07, 6.45) is -4.31. The first-order valence-corrected chi connectivity index (χ1v) is 13.1. The molecule has 188 valence electrons. The largest absolute Gasteiger partial charge is 0.490 e. The smallest absolute Gasteiger partial charge is 0.387 e. The standard InChI is InChI=1S/C11H16N7O13P3/c12-10-6-2-1-5(18(6)15-4-14-10)8-7(19)9(20)11(29-8,16-17-13)3-28-33(24,25)31-34(26,27)30-32(21,22)23/h1-2,4,7-9,19-20H,3H2,(H,24,25)(H,26,27)(H2,12,14,15)(H2,21,22,23)/t7-,8-,9-,11+/m0/s1. The summed E-state index contributed by atoms with van der Waals surface area (Å²) in [7, 11) is -17.1. The predicted octanol–water partition coefficient (Wildman–Crippen LogP) is -0.546. The summed E-state index contributed by atoms with van der Waals surface area (Å²) in [6, 6.07) is 2.84. The third kappa shape index (κ3) is 5.63. The summed E-state index contributed by atoms with van der Waals surface area (Å²) in [5, 5.41) is 28.1. The average molecular weight is 547 g/mol. The van der Waals surface area contributed by atoms with Crippen molar-refractivity contribution in [3.8, 4) is 0 Å². The Balaban J connectivity index is 1.86. The molecule has 1 aliphatic heterocycles. The summed E-state index contributed by atoms with van der Waals surface area (Å²) in [5.41, 5.74) is 12.4. The molecule has 2 unspecified atom stereocenters. The quantitative estimate of drug-likeness (QED) is 0.0896. The van der Waals surface area contributed by atoms with Crippen LogP contribution in [0.4, 0.5) is 5.82 Å². The molecule has 23 heteroatoms. The van der Waals surface area contributed by atoms with Gasteiger partial charge >= 0.3 is 23.5 Å². The maximum absolute atomic E-state index is 12.0. The highest BCUT2D eigenvalue weighted by molar-refractivity contribution is 7.66. The number of rotatable bonds is 9. The van der Waals surface area contributed by atoms with Crippen molar-refractivity contribution in [2.75, 3.05) is 12.3 Å². The van der Waals surface area contributed by atoms with Crippen LogP contribution in [0.1, 0.15) is 11.8 Å². The number of hydrogen-bond acceptors (Lipinski definition) is 13. The minimum atomic E-state index is -5.83. The fourth-order valence-corrected chi connectivity index (χ4v) is 6.04. The van der Waals surface area contributed by atoms with E-state index in [1.54, 1.807) is 0 Å². The molecule has 2 aromatic heterocycles. The van der Waals surface area contributed by atoms with E-state index >= 15 is 0 Å². The number of nitrogens with zero attached hydrogens (tertiary/aromatic N) is 6. The highest BCUT2D eigenvalue weighted by atomic mass is 31.3. The topological polar surface area (TPSA) is 314 Å². The summed E-state index contributed by atoms with van der Waals surface area (Å²) < 4.78 is 52.4. The summed E-state index contributed by atoms with van der Waals surface area (Å²) in [4.78, 5) is 42.2. The van der Waals surface area contributed by atoms with Crippen molar-refractivity contribution >= 4 is 34.8 Å². The van der Waals surface area contributed by atoms with Crippen LogP contribution in [0.25, 0.3) is 16.0 Å². The van der Waals surface area contributed by atoms with Gasteiger partial charge in [0, 0.05) is 4.91 Å². The van der Waals surface area contributed by atoms with E-state index in [4.69, 9.17) is 25.8 Å². The van der Waals surface area contributed by atoms with Gasteiger partial charge in [-0.25, -0.2) is 23.2 Å². The van der Waals surface area contributed by atoms with Gasteiger partial charge < -0.3 is 40.3 Å². The molecule has 6 atom stereocenters. The number of nitrogen functional groups attached to an aromatic ring is 1. The second-order valence-corrected chi connectivity index (χ2v) is 11.0. The molecule has 0 spiro atoms. The van der Waals surface area contributed by atoms with Crippen molar-refractivity contribution in [2.24, 2.45) is 5.11 Å². The molecule has 1 saturated heterocycles. The maximum Gasteiger partial charge on any atom is 0.490 e. The van der Waals surface area contributed by atoms with Crippen LogP contribution in [0.2, 0.25) is 0 Å². The monoisotopic (exact) mass is 547 g/mol. The highest BCUT2D eigenvalue weighted by Crippen LogP contribution is 2.66. The van der Waals surface area contributed by atoms with Gasteiger partial charge in [-0.05, 0) is 17.7 Å². The SMILES string of the molecule is [N-]=[N+]=N[C@]1(COP(=O)(O)OP(=O)(O)OP(=O)(O)O)O[C@@H](c2ccc3c(N)ncnn23)[C@H](O)[C@@H]1O. The number of aromatic nitrogens is 3. The van der Waals surface area contributed by atoms with Crippen LogP contribution in [-0.4, -0.2) is 68.9 Å². The minimum absolute atomic E-state index is 0.0586. The van der Waals surface area contributed by atoms with Crippen LogP contribution >= 0.6 is 23.5 Å². The number of ether oxygens (including phenoxy) is 1. The predicted molar refractivity (Wildman–Crippen MR) is 105 cm³/mol. The molecule has 0 bridgehead atoms. The zero-order valence-electron chi connectivity index (χ0n) is 16.3. The minimum Gasteiger partial charge on any atom is -0.387 e. The zero-order chi connectivity index (χ0) is 25.5. The van der Waals surface area contributed by atoms with Gasteiger partial charge in [-0.2, -0.15) is 13.7 Å². The third-order valence-corrected chi connectivity index (χ3v) is 8.08. The van der Waals surface area contributed by atoms with E-state index < -0.39 is 54.1 Å². The number of aliphatic hydroxyl groups is 2. The van der Waals surface area contributed by atoms with Crippen LogP contribution in [0.3, 0.4) is 0 Å². The lowest BCUT2D eigenvalue weighted by atomic mass is 10.0. The number of nitrogens with two attached hydrogens (primary N) is 1. The van der Waals surface area contributed by atoms with Crippen molar-refractivity contribution in [2.45, 2.75) is 24.0 Å². The number of hydrogen-bond donors (Lipinski definition) is 7. The van der Waals surface area contributed by atoms with Gasteiger partial charge in [-0.3, -0.25) is 4.52 Å². The van der Waals surface area contributed by atoms with Crippen LogP contribution in [0.5, 0.6) is 0 Å². The van der Waals surface area contributed by atoms with Gasteiger partial charge in [0.1, 0.15) is 30.2 Å². The van der Waals surface area contributed by atoms with Crippen molar-refractivity contribution in [1.82, 2.24) is 14.6 Å². The first-order valence-electron chi connectivity index (χ1n) is 8.56. The number of phosphoric ester groups is 1. The summed E-state index contributed by atoms with van der Waals surface area (Å²) >= 11 is 0. The lowest BCUT2D eigenvalue weighted by Gasteiger charge is -2.27. The van der Waals surface area contributed by atoms with Crippen LogP contribution in [0, 0.1) is 0 Å². The fraction of sp³-hybridized carbons (Fsp3) is 0.455. The number of aliphatic hydroxyl groups excluding tert-OH is 2. The van der Waals surface area contributed by atoms with Gasteiger partial charge in [0.05, 0.1) is 12.3 Å². The first kappa shape index (κ1) is 26.6. The molecule has 1 fully saturated rings. The molecule has 8 N–H and O–H groups in total. The van der Waals surface area contributed by atoms with Gasteiger partial charge in [-0.15, -0.1) is 0 Å². The van der Waals surface area contributed by atoms with Gasteiger partial charge in [0.2, 0.25) is 0 Å². The van der Waals surface area contributed by atoms with Gasteiger partial charge in [-0.1, -0.05) is 5.11 Å². The number of anilines is 1. The van der Waals surface area contributed by atoms with Crippen LogP contribution < -0.4 is 5.73 Å². The third-order valence-electron chi connectivity index (χ3n) is 4.29. The van der Waals surface area contributed by atoms with E-state index in [9.17, 15) is 33.7 Å². The second kappa shape index (κ2) is 9.23. The van der Waals surface area contributed by atoms with Gasteiger partial charge in [0.15, 0.2) is 11.5 Å². The molecule has 3 heterocycles. The lowest BCUT2D eigenvalue weighted by Crippen LogP contribution is -2.44. The Labute approximate surface area is 187 Å². The first-order chi connectivity index (χ1) is 15.6. The average Bonchev–Trinajstić information content (AvgIpc) is 3.20. The number of phosphoric acid groups is 3. The summed E-state index contributed by atoms with van der Waals surface area (Å²) in [6.45, 7) is -1.35. The Kier molecular flexibility index (Phi) is 7.23. The Bertz CT molecular complexity index is 1280. The molecule has 34 heavy (non-hydrogen) atoms. The molecule has 0 aromatic carbocycles. The van der Waals surface area contributed by atoms with E-state index in [0.717, 1.165) is 6.33 Å². The van der Waals surface area contributed by atoms with E-state index in [-0.39, 0.29) is 17.0 Å².